The molecule has 0 fully saturated rings. The fourth-order valence-electron chi connectivity index (χ4n) is 0.916. The van der Waals surface area contributed by atoms with Crippen molar-refractivity contribution in [2.45, 2.75) is 6.43 Å². The Kier molecular flexibility index (Phi) is 3.10. The molecule has 0 aromatic carbocycles. The van der Waals surface area contributed by atoms with Gasteiger partial charge < -0.3 is 0 Å². The third kappa shape index (κ3) is 1.86. The SMILES string of the molecule is N#Cc1c(C(=O)Cl)cncc1C(F)F. The van der Waals surface area contributed by atoms with Crippen molar-refractivity contribution in [3.05, 3.63) is 29.1 Å². The third-order valence-corrected chi connectivity index (χ3v) is 1.74. The molecule has 1 rings (SSSR count). The molecule has 0 unspecified atom stereocenters. The van der Waals surface area contributed by atoms with Crippen LogP contribution in [0.1, 0.15) is 27.9 Å². The van der Waals surface area contributed by atoms with Gasteiger partial charge >= 0.3 is 0 Å². The summed E-state index contributed by atoms with van der Waals surface area (Å²) >= 11 is 5.09. The highest BCUT2D eigenvalue weighted by molar-refractivity contribution is 6.68. The zero-order valence-corrected chi connectivity index (χ0v) is 7.42. The van der Waals surface area contributed by atoms with Crippen LogP contribution in [0.25, 0.3) is 0 Å². The molecule has 0 atom stereocenters. The number of pyridine rings is 1. The average molecular weight is 217 g/mol. The second kappa shape index (κ2) is 4.11. The molecule has 0 bridgehead atoms. The van der Waals surface area contributed by atoms with Crippen LogP contribution in [-0.4, -0.2) is 10.2 Å². The predicted molar refractivity (Wildman–Crippen MR) is 44.1 cm³/mol. The summed E-state index contributed by atoms with van der Waals surface area (Å²) < 4.78 is 24.6. The van der Waals surface area contributed by atoms with Crippen LogP contribution in [0, 0.1) is 11.3 Å². The molecule has 1 heterocycles. The number of aromatic nitrogens is 1. The second-order valence-electron chi connectivity index (χ2n) is 2.34. The van der Waals surface area contributed by atoms with Crippen LogP contribution in [0.15, 0.2) is 12.4 Å². The smallest absolute Gasteiger partial charge is 0.266 e. The molecule has 0 amide bonds. The Morgan fingerprint density at radius 2 is 2.21 bits per heavy atom. The minimum absolute atomic E-state index is 0.299. The molecule has 0 aliphatic rings. The van der Waals surface area contributed by atoms with Crippen molar-refractivity contribution in [2.24, 2.45) is 0 Å². The van der Waals surface area contributed by atoms with E-state index in [9.17, 15) is 13.6 Å². The maximum atomic E-state index is 12.3. The van der Waals surface area contributed by atoms with Gasteiger partial charge in [0.15, 0.2) is 0 Å². The molecular weight excluding hydrogens is 214 g/mol. The molecule has 0 saturated heterocycles. The van der Waals surface area contributed by atoms with Gasteiger partial charge in [0.25, 0.3) is 11.7 Å². The first-order chi connectivity index (χ1) is 6.57. The summed E-state index contributed by atoms with van der Waals surface area (Å²) in [6, 6.07) is 1.50. The maximum absolute atomic E-state index is 12.3. The molecular formula is C8H3ClF2N2O. The molecule has 0 radical (unpaired) electrons. The Balaban J connectivity index is 3.42. The summed E-state index contributed by atoms with van der Waals surface area (Å²) in [6.07, 6.45) is -1.03. The van der Waals surface area contributed by atoms with Gasteiger partial charge in [-0.25, -0.2) is 8.78 Å². The molecule has 0 spiro atoms. The Morgan fingerprint density at radius 3 is 2.64 bits per heavy atom. The van der Waals surface area contributed by atoms with Gasteiger partial charge in [0.1, 0.15) is 6.07 Å². The molecule has 72 valence electrons. The maximum Gasteiger partial charge on any atom is 0.266 e. The lowest BCUT2D eigenvalue weighted by Gasteiger charge is -2.03. The largest absolute Gasteiger partial charge is 0.275 e. The monoisotopic (exact) mass is 216 g/mol. The Hall–Kier alpha value is -1.54. The predicted octanol–water partition coefficient (Wildman–Crippen LogP) is 2.27. The van der Waals surface area contributed by atoms with Gasteiger partial charge in [-0.3, -0.25) is 9.78 Å². The van der Waals surface area contributed by atoms with Gasteiger partial charge in [-0.05, 0) is 11.6 Å². The van der Waals surface area contributed by atoms with Crippen LogP contribution in [0.3, 0.4) is 0 Å². The number of carbonyl (C=O) groups excluding carboxylic acids is 1. The van der Waals surface area contributed by atoms with E-state index in [1.807, 2.05) is 0 Å². The van der Waals surface area contributed by atoms with E-state index >= 15 is 0 Å². The molecule has 0 aliphatic heterocycles. The highest BCUT2D eigenvalue weighted by atomic mass is 35.5. The zero-order chi connectivity index (χ0) is 10.7. The normalized spacial score (nSPS) is 9.93. The van der Waals surface area contributed by atoms with Gasteiger partial charge in [-0.15, -0.1) is 0 Å². The van der Waals surface area contributed by atoms with Gasteiger partial charge in [-0.1, -0.05) is 0 Å². The minimum Gasteiger partial charge on any atom is -0.275 e. The molecule has 0 aliphatic carbocycles. The minimum atomic E-state index is -2.85. The van der Waals surface area contributed by atoms with Crippen LogP contribution in [0.4, 0.5) is 8.78 Å². The number of nitrogens with zero attached hydrogens (tertiary/aromatic N) is 2. The van der Waals surface area contributed by atoms with E-state index in [0.717, 1.165) is 12.4 Å². The summed E-state index contributed by atoms with van der Waals surface area (Å²) in [5.41, 5.74) is -1.30. The van der Waals surface area contributed by atoms with Crippen molar-refractivity contribution in [3.8, 4) is 6.07 Å². The number of nitriles is 1. The number of hydrogen-bond acceptors (Lipinski definition) is 3. The fourth-order valence-corrected chi connectivity index (χ4v) is 1.06. The first kappa shape index (κ1) is 10.5. The lowest BCUT2D eigenvalue weighted by atomic mass is 10.1. The van der Waals surface area contributed by atoms with Crippen LogP contribution in [0.5, 0.6) is 0 Å². The van der Waals surface area contributed by atoms with E-state index in [1.54, 1.807) is 0 Å². The number of halogens is 3. The lowest BCUT2D eigenvalue weighted by Crippen LogP contribution is -2.01. The molecule has 0 saturated carbocycles. The lowest BCUT2D eigenvalue weighted by molar-refractivity contribution is 0.108. The third-order valence-electron chi connectivity index (χ3n) is 1.53. The van der Waals surface area contributed by atoms with Crippen LogP contribution in [-0.2, 0) is 0 Å². The van der Waals surface area contributed by atoms with E-state index in [2.05, 4.69) is 4.98 Å². The fraction of sp³-hybridized carbons (Fsp3) is 0.125. The summed E-state index contributed by atoms with van der Waals surface area (Å²) in [6.45, 7) is 0. The van der Waals surface area contributed by atoms with Crippen LogP contribution >= 0.6 is 11.6 Å². The van der Waals surface area contributed by atoms with Crippen LogP contribution in [0.2, 0.25) is 0 Å². The van der Waals surface area contributed by atoms with Crippen molar-refractivity contribution < 1.29 is 13.6 Å². The van der Waals surface area contributed by atoms with E-state index < -0.39 is 22.8 Å². The van der Waals surface area contributed by atoms with Crippen molar-refractivity contribution >= 4 is 16.8 Å². The Bertz CT molecular complexity index is 414. The summed E-state index contributed by atoms with van der Waals surface area (Å²) in [7, 11) is 0. The van der Waals surface area contributed by atoms with Gasteiger partial charge in [0.05, 0.1) is 16.7 Å². The average Bonchev–Trinajstić information content (AvgIpc) is 2.16. The van der Waals surface area contributed by atoms with Gasteiger partial charge in [-0.2, -0.15) is 5.26 Å². The molecule has 1 aromatic rings. The highest BCUT2D eigenvalue weighted by Gasteiger charge is 2.19. The molecule has 1 aromatic heterocycles. The van der Waals surface area contributed by atoms with Crippen molar-refractivity contribution in [1.82, 2.24) is 4.98 Å². The standard InChI is InChI=1S/C8H3ClF2N2O/c9-7(14)5-2-13-3-6(8(10)11)4(5)1-12/h2-3,8H. The van der Waals surface area contributed by atoms with Gasteiger partial charge in [0.2, 0.25) is 0 Å². The number of carbonyl (C=O) groups is 1. The quantitative estimate of drug-likeness (QED) is 0.713. The first-order valence-electron chi connectivity index (χ1n) is 3.44. The number of alkyl halides is 2. The highest BCUT2D eigenvalue weighted by Crippen LogP contribution is 2.24. The summed E-state index contributed by atoms with van der Waals surface area (Å²) in [5, 5.41) is 7.60. The molecule has 14 heavy (non-hydrogen) atoms. The van der Waals surface area contributed by atoms with E-state index in [0.29, 0.717) is 0 Å². The Labute approximate surface area is 82.9 Å². The van der Waals surface area contributed by atoms with Crippen LogP contribution < -0.4 is 0 Å². The zero-order valence-electron chi connectivity index (χ0n) is 6.67. The summed E-state index contributed by atoms with van der Waals surface area (Å²) in [5.74, 6) is 0. The van der Waals surface area contributed by atoms with Crippen molar-refractivity contribution in [2.75, 3.05) is 0 Å². The Morgan fingerprint density at radius 1 is 1.57 bits per heavy atom. The summed E-state index contributed by atoms with van der Waals surface area (Å²) in [4.78, 5) is 14.1. The molecule has 3 nitrogen and oxygen atoms in total. The van der Waals surface area contributed by atoms with Crippen molar-refractivity contribution in [1.29, 1.82) is 5.26 Å². The topological polar surface area (TPSA) is 53.8 Å². The molecule has 6 heteroatoms. The van der Waals surface area contributed by atoms with Gasteiger partial charge in [0, 0.05) is 12.4 Å². The van der Waals surface area contributed by atoms with E-state index in [-0.39, 0.29) is 5.56 Å². The first-order valence-corrected chi connectivity index (χ1v) is 3.81. The van der Waals surface area contributed by atoms with E-state index in [4.69, 9.17) is 16.9 Å². The second-order valence-corrected chi connectivity index (χ2v) is 2.68. The van der Waals surface area contributed by atoms with Crippen molar-refractivity contribution in [3.63, 3.8) is 0 Å². The number of hydrogen-bond donors (Lipinski definition) is 0. The number of rotatable bonds is 2. The van der Waals surface area contributed by atoms with E-state index in [1.165, 1.54) is 6.07 Å². The molecule has 0 N–H and O–H groups in total.